The van der Waals surface area contributed by atoms with Gasteiger partial charge in [-0.1, -0.05) is 45.4 Å². The maximum absolute atomic E-state index is 12.6. The smallest absolute Gasteiger partial charge is 0.309 e. The standard InChI is InChI=1S/C29H38O4/c1-17-18-7-8-21-27(4,19(18)15-20(30)23(17)31)12-14-29(6)22-16-26(3,24(32)33)10-9-25(22,2)11-13-28(21,29)5/h7-8,15,22,31H,9-14,16H2,1-6H3,(H,32,33)/t22-,25-,26-,27+,28-,29+/m0/s1. The normalized spacial score (nSPS) is 46.8. The van der Waals surface area contributed by atoms with Crippen LogP contribution in [0.2, 0.25) is 0 Å². The topological polar surface area (TPSA) is 74.6 Å². The summed E-state index contributed by atoms with van der Waals surface area (Å²) in [5.41, 5.74) is 3.33. The average Bonchev–Trinajstić information content (AvgIpc) is 2.75. The molecule has 5 aliphatic carbocycles. The lowest BCUT2D eigenvalue weighted by Gasteiger charge is -2.70. The van der Waals surface area contributed by atoms with Gasteiger partial charge in [0.2, 0.25) is 5.78 Å². The van der Waals surface area contributed by atoms with Gasteiger partial charge in [0.1, 0.15) is 0 Å². The number of aliphatic hydroxyl groups excluding tert-OH is 1. The zero-order valence-corrected chi connectivity index (χ0v) is 21.0. The minimum absolute atomic E-state index is 0.0000746. The van der Waals surface area contributed by atoms with Crippen molar-refractivity contribution in [3.63, 3.8) is 0 Å². The second-order valence-electron chi connectivity index (χ2n) is 12.9. The Morgan fingerprint density at radius 1 is 0.970 bits per heavy atom. The number of aliphatic carboxylic acids is 1. The fourth-order valence-electron chi connectivity index (χ4n) is 8.65. The Morgan fingerprint density at radius 3 is 2.30 bits per heavy atom. The summed E-state index contributed by atoms with van der Waals surface area (Å²) in [6.45, 7) is 13.3. The lowest BCUT2D eigenvalue weighted by molar-refractivity contribution is -0.178. The molecule has 5 aliphatic rings. The van der Waals surface area contributed by atoms with Gasteiger partial charge in [-0.2, -0.15) is 0 Å². The summed E-state index contributed by atoms with van der Waals surface area (Å²) in [4.78, 5) is 24.8. The molecule has 0 bridgehead atoms. The van der Waals surface area contributed by atoms with Crippen LogP contribution in [0.4, 0.5) is 0 Å². The van der Waals surface area contributed by atoms with Crippen molar-refractivity contribution in [3.05, 3.63) is 46.3 Å². The van der Waals surface area contributed by atoms with Crippen molar-refractivity contribution in [2.24, 2.45) is 33.0 Å². The van der Waals surface area contributed by atoms with Gasteiger partial charge in [-0.25, -0.2) is 0 Å². The monoisotopic (exact) mass is 450 g/mol. The fraction of sp³-hybridized carbons (Fsp3) is 0.655. The number of aliphatic hydroxyl groups is 1. The highest BCUT2D eigenvalue weighted by molar-refractivity contribution is 6.06. The highest BCUT2D eigenvalue weighted by Crippen LogP contribution is 2.75. The van der Waals surface area contributed by atoms with Crippen molar-refractivity contribution in [3.8, 4) is 0 Å². The highest BCUT2D eigenvalue weighted by atomic mass is 16.4. The Kier molecular flexibility index (Phi) is 4.48. The number of carboxylic acid groups (broad SMARTS) is 1. The molecule has 3 fully saturated rings. The highest BCUT2D eigenvalue weighted by Gasteiger charge is 2.67. The van der Waals surface area contributed by atoms with E-state index >= 15 is 0 Å². The molecule has 0 heterocycles. The summed E-state index contributed by atoms with van der Waals surface area (Å²) < 4.78 is 0. The molecule has 0 unspecified atom stereocenters. The first-order chi connectivity index (χ1) is 15.2. The minimum atomic E-state index is -0.655. The van der Waals surface area contributed by atoms with E-state index in [1.807, 2.05) is 13.8 Å². The lowest BCUT2D eigenvalue weighted by atomic mass is 9.34. The Labute approximate surface area is 197 Å². The molecule has 6 atom stereocenters. The summed E-state index contributed by atoms with van der Waals surface area (Å²) in [6, 6.07) is 0. The van der Waals surface area contributed by atoms with E-state index in [2.05, 4.69) is 39.8 Å². The number of carbonyl (C=O) groups excluding carboxylic acids is 1. The Morgan fingerprint density at radius 2 is 1.64 bits per heavy atom. The van der Waals surface area contributed by atoms with Crippen molar-refractivity contribution in [2.75, 3.05) is 0 Å². The molecule has 0 aromatic heterocycles. The molecule has 3 saturated carbocycles. The van der Waals surface area contributed by atoms with E-state index < -0.39 is 11.4 Å². The number of ketones is 1. The summed E-state index contributed by atoms with van der Waals surface area (Å²) >= 11 is 0. The third-order valence-electron chi connectivity index (χ3n) is 11.4. The minimum Gasteiger partial charge on any atom is -0.504 e. The SMILES string of the molecule is CC1=C(O)C(=O)C=C2C1=CC=C1[C@]2(C)CC[C@]2(C)[C@H]3C[C@@](C)(C(=O)O)CC[C@@]3(C)CC[C@@]12C. The third-order valence-corrected chi connectivity index (χ3v) is 11.4. The molecular weight excluding hydrogens is 412 g/mol. The van der Waals surface area contributed by atoms with Gasteiger partial charge in [0.05, 0.1) is 5.41 Å². The number of carboxylic acids is 1. The molecular formula is C29H38O4. The van der Waals surface area contributed by atoms with Gasteiger partial charge in [0.15, 0.2) is 5.76 Å². The van der Waals surface area contributed by atoms with E-state index in [0.717, 1.165) is 56.1 Å². The molecule has 0 aromatic rings. The number of rotatable bonds is 1. The van der Waals surface area contributed by atoms with E-state index in [-0.39, 0.29) is 33.2 Å². The summed E-state index contributed by atoms with van der Waals surface area (Å²) in [6.07, 6.45) is 12.7. The zero-order chi connectivity index (χ0) is 24.2. The second-order valence-corrected chi connectivity index (χ2v) is 12.9. The van der Waals surface area contributed by atoms with Crippen molar-refractivity contribution in [1.82, 2.24) is 0 Å². The molecule has 4 nitrogen and oxygen atoms in total. The van der Waals surface area contributed by atoms with Gasteiger partial charge in [-0.05, 0) is 98.2 Å². The molecule has 4 heteroatoms. The van der Waals surface area contributed by atoms with Crippen LogP contribution in [0.1, 0.15) is 86.5 Å². The molecule has 2 N–H and O–H groups in total. The maximum Gasteiger partial charge on any atom is 0.309 e. The van der Waals surface area contributed by atoms with E-state index in [9.17, 15) is 19.8 Å². The average molecular weight is 451 g/mol. The van der Waals surface area contributed by atoms with E-state index in [1.54, 1.807) is 6.08 Å². The number of fused-ring (bicyclic) bond motifs is 7. The number of allylic oxidation sites excluding steroid dienone is 7. The predicted molar refractivity (Wildman–Crippen MR) is 129 cm³/mol. The van der Waals surface area contributed by atoms with E-state index in [4.69, 9.17) is 0 Å². The van der Waals surface area contributed by atoms with Crippen LogP contribution >= 0.6 is 0 Å². The van der Waals surface area contributed by atoms with E-state index in [0.29, 0.717) is 11.5 Å². The Bertz CT molecular complexity index is 1100. The second kappa shape index (κ2) is 6.52. The fourth-order valence-corrected chi connectivity index (χ4v) is 8.65. The van der Waals surface area contributed by atoms with E-state index in [1.165, 1.54) is 5.57 Å². The van der Waals surface area contributed by atoms with Crippen LogP contribution in [0.3, 0.4) is 0 Å². The molecule has 0 amide bonds. The third kappa shape index (κ3) is 2.64. The number of hydrogen-bond acceptors (Lipinski definition) is 3. The largest absolute Gasteiger partial charge is 0.504 e. The summed E-state index contributed by atoms with van der Waals surface area (Å²) in [5.74, 6) is -0.734. The van der Waals surface area contributed by atoms with Crippen LogP contribution in [0.5, 0.6) is 0 Å². The van der Waals surface area contributed by atoms with Gasteiger partial charge in [0, 0.05) is 11.0 Å². The zero-order valence-electron chi connectivity index (χ0n) is 21.0. The molecule has 0 spiro atoms. The van der Waals surface area contributed by atoms with Gasteiger partial charge in [-0.15, -0.1) is 0 Å². The summed E-state index contributed by atoms with van der Waals surface area (Å²) in [5, 5.41) is 20.3. The maximum atomic E-state index is 12.6. The van der Waals surface area contributed by atoms with Crippen LogP contribution in [0.25, 0.3) is 0 Å². The molecule has 0 saturated heterocycles. The Balaban J connectivity index is 1.64. The molecule has 0 aliphatic heterocycles. The van der Waals surface area contributed by atoms with Crippen molar-refractivity contribution >= 4 is 11.8 Å². The molecule has 33 heavy (non-hydrogen) atoms. The first kappa shape index (κ1) is 22.7. The lowest BCUT2D eigenvalue weighted by Crippen LogP contribution is -2.62. The number of carbonyl (C=O) groups is 2. The van der Waals surface area contributed by atoms with Crippen LogP contribution in [0, 0.1) is 33.0 Å². The van der Waals surface area contributed by atoms with Gasteiger partial charge in [0.25, 0.3) is 0 Å². The number of hydrogen-bond donors (Lipinski definition) is 2. The van der Waals surface area contributed by atoms with Crippen molar-refractivity contribution in [2.45, 2.75) is 86.5 Å². The van der Waals surface area contributed by atoms with Crippen LogP contribution in [-0.2, 0) is 9.59 Å². The van der Waals surface area contributed by atoms with Gasteiger partial charge in [-0.3, -0.25) is 9.59 Å². The molecule has 0 radical (unpaired) electrons. The van der Waals surface area contributed by atoms with Crippen molar-refractivity contribution < 1.29 is 19.8 Å². The quantitative estimate of drug-likeness (QED) is 0.466. The first-order valence-electron chi connectivity index (χ1n) is 12.6. The van der Waals surface area contributed by atoms with Crippen LogP contribution in [-0.4, -0.2) is 22.0 Å². The predicted octanol–water partition coefficient (Wildman–Crippen LogP) is 6.70. The molecule has 0 aromatic carbocycles. The van der Waals surface area contributed by atoms with Crippen molar-refractivity contribution in [1.29, 1.82) is 0 Å². The van der Waals surface area contributed by atoms with Crippen LogP contribution < -0.4 is 0 Å². The van der Waals surface area contributed by atoms with Gasteiger partial charge < -0.3 is 10.2 Å². The first-order valence-corrected chi connectivity index (χ1v) is 12.6. The van der Waals surface area contributed by atoms with Crippen LogP contribution in [0.15, 0.2) is 46.3 Å². The Hall–Kier alpha value is -2.10. The van der Waals surface area contributed by atoms with Gasteiger partial charge >= 0.3 is 5.97 Å². The molecule has 178 valence electrons. The summed E-state index contributed by atoms with van der Waals surface area (Å²) in [7, 11) is 0. The molecule has 5 rings (SSSR count).